The molecule has 0 aliphatic carbocycles. The van der Waals surface area contributed by atoms with Crippen molar-refractivity contribution in [1.82, 2.24) is 4.90 Å². The molecule has 0 heterocycles. The molecule has 2 aromatic rings. The molecule has 0 fully saturated rings. The third-order valence-electron chi connectivity index (χ3n) is 5.07. The normalized spacial score (nSPS) is 12.1. The maximum Gasteiger partial charge on any atom is 0.303 e. The fourth-order valence-electron chi connectivity index (χ4n) is 3.44. The van der Waals surface area contributed by atoms with Crippen molar-refractivity contribution in [3.8, 4) is 5.75 Å². The Labute approximate surface area is 192 Å². The van der Waals surface area contributed by atoms with Gasteiger partial charge in [-0.05, 0) is 29.8 Å². The van der Waals surface area contributed by atoms with E-state index in [1.165, 1.54) is 14.2 Å². The summed E-state index contributed by atoms with van der Waals surface area (Å²) < 4.78 is 34.4. The number of benzene rings is 2. The fraction of sp³-hybridized carbons (Fsp3) is 0.348. The van der Waals surface area contributed by atoms with Crippen LogP contribution in [0.1, 0.15) is 24.4 Å². The molecule has 178 valence electrons. The molecule has 0 bridgehead atoms. The highest BCUT2D eigenvalue weighted by atomic mass is 28.3. The molecule has 2 N–H and O–H groups in total. The Bertz CT molecular complexity index is 1020. The van der Waals surface area contributed by atoms with Gasteiger partial charge in [0.25, 0.3) is 5.91 Å². The maximum atomic E-state index is 14.6. The van der Waals surface area contributed by atoms with Gasteiger partial charge in [0.2, 0.25) is 5.91 Å². The highest BCUT2D eigenvalue weighted by molar-refractivity contribution is 6.88. The highest BCUT2D eigenvalue weighted by Crippen LogP contribution is 2.26. The minimum atomic E-state index is -2.30. The number of amides is 2. The number of methoxy groups -OCH3 is 1. The molecule has 0 aliphatic heterocycles. The topological polar surface area (TPSA) is 95.9 Å². The van der Waals surface area contributed by atoms with Crippen molar-refractivity contribution in [2.45, 2.75) is 38.5 Å². The van der Waals surface area contributed by atoms with Crippen LogP contribution in [0.2, 0.25) is 19.6 Å². The summed E-state index contributed by atoms with van der Waals surface area (Å²) >= 11 is 0. The molecule has 7 nitrogen and oxygen atoms in total. The number of likely N-dealkylation sites (N-methyl/N-ethyl adjacent to an activating group) is 1. The lowest BCUT2D eigenvalue weighted by Crippen LogP contribution is -2.42. The molecule has 10 heteroatoms. The lowest BCUT2D eigenvalue weighted by atomic mass is 10.0. The van der Waals surface area contributed by atoms with Crippen LogP contribution >= 0.6 is 0 Å². The van der Waals surface area contributed by atoms with Gasteiger partial charge >= 0.3 is 5.97 Å². The van der Waals surface area contributed by atoms with Gasteiger partial charge in [-0.15, -0.1) is 0 Å². The Balaban J connectivity index is 2.39. The fourth-order valence-corrected chi connectivity index (χ4v) is 5.02. The smallest absolute Gasteiger partial charge is 0.303 e. The number of carbonyl (C=O) groups is 3. The van der Waals surface area contributed by atoms with Crippen molar-refractivity contribution in [2.75, 3.05) is 19.5 Å². The third-order valence-corrected chi connectivity index (χ3v) is 7.05. The van der Waals surface area contributed by atoms with E-state index in [1.807, 2.05) is 19.6 Å². The zero-order valence-electron chi connectivity index (χ0n) is 19.2. The Morgan fingerprint density at radius 1 is 1.06 bits per heavy atom. The van der Waals surface area contributed by atoms with E-state index in [2.05, 4.69) is 5.32 Å². The second-order valence-electron chi connectivity index (χ2n) is 8.63. The van der Waals surface area contributed by atoms with Crippen molar-refractivity contribution in [2.24, 2.45) is 0 Å². The first-order chi connectivity index (χ1) is 15.3. The number of carboxylic acids is 1. The van der Waals surface area contributed by atoms with E-state index in [9.17, 15) is 23.2 Å². The van der Waals surface area contributed by atoms with Crippen LogP contribution in [0.25, 0.3) is 0 Å². The number of hydrogen-bond acceptors (Lipinski definition) is 4. The van der Waals surface area contributed by atoms with Crippen LogP contribution in [0.5, 0.6) is 5.75 Å². The minimum Gasteiger partial charge on any atom is -0.497 e. The Hall–Kier alpha value is -3.27. The summed E-state index contributed by atoms with van der Waals surface area (Å²) in [6.45, 7) is 5.43. The average Bonchev–Trinajstić information content (AvgIpc) is 2.70. The summed E-state index contributed by atoms with van der Waals surface area (Å²) in [5.74, 6) is -3.36. The van der Waals surface area contributed by atoms with E-state index in [0.29, 0.717) is 11.3 Å². The van der Waals surface area contributed by atoms with Gasteiger partial charge in [-0.2, -0.15) is 0 Å². The molecule has 0 spiro atoms. The largest absolute Gasteiger partial charge is 0.497 e. The Kier molecular flexibility index (Phi) is 8.32. The molecule has 0 unspecified atom stereocenters. The minimum absolute atomic E-state index is 0.0353. The summed E-state index contributed by atoms with van der Waals surface area (Å²) in [5.41, 5.74) is 0.334. The number of aliphatic carboxylic acids is 1. The molecule has 2 amide bonds. The van der Waals surface area contributed by atoms with Crippen molar-refractivity contribution >= 4 is 36.7 Å². The van der Waals surface area contributed by atoms with E-state index in [0.717, 1.165) is 17.0 Å². The van der Waals surface area contributed by atoms with Gasteiger partial charge in [0.1, 0.15) is 23.4 Å². The maximum absolute atomic E-state index is 14.6. The van der Waals surface area contributed by atoms with E-state index in [1.54, 1.807) is 24.3 Å². The van der Waals surface area contributed by atoms with Gasteiger partial charge in [-0.3, -0.25) is 14.4 Å². The van der Waals surface area contributed by atoms with Crippen LogP contribution in [0, 0.1) is 11.6 Å². The van der Waals surface area contributed by atoms with Crippen LogP contribution < -0.4 is 15.2 Å². The van der Waals surface area contributed by atoms with Crippen molar-refractivity contribution in [3.63, 3.8) is 0 Å². The van der Waals surface area contributed by atoms with Crippen molar-refractivity contribution < 1.29 is 33.0 Å². The molecule has 0 saturated carbocycles. The molecule has 2 aromatic carbocycles. The first-order valence-electron chi connectivity index (χ1n) is 10.3. The van der Waals surface area contributed by atoms with Crippen LogP contribution in [-0.4, -0.2) is 50.0 Å². The average molecular weight is 479 g/mol. The molecule has 0 saturated heterocycles. The first kappa shape index (κ1) is 26.0. The number of ether oxygens (including phenoxy) is 1. The Morgan fingerprint density at radius 2 is 1.61 bits per heavy atom. The number of carbonyl (C=O) groups excluding carboxylic acids is 2. The SMILES string of the molecule is COc1ccc([C@H](C(=O)Nc2cc(F)c([Si](C)(C)C)c(F)c2)N(C)C(=O)CCC(=O)O)cc1. The lowest BCUT2D eigenvalue weighted by molar-refractivity contribution is -0.142. The number of nitrogens with zero attached hydrogens (tertiary/aromatic N) is 1. The number of rotatable bonds is 9. The molecule has 0 aromatic heterocycles. The zero-order valence-corrected chi connectivity index (χ0v) is 20.2. The van der Waals surface area contributed by atoms with Gasteiger partial charge in [0.05, 0.1) is 21.6 Å². The molecule has 0 aliphatic rings. The summed E-state index contributed by atoms with van der Waals surface area (Å²) in [4.78, 5) is 37.7. The number of carboxylic acid groups (broad SMARTS) is 1. The van der Waals surface area contributed by atoms with Crippen LogP contribution in [0.4, 0.5) is 14.5 Å². The zero-order chi connectivity index (χ0) is 24.9. The van der Waals surface area contributed by atoms with E-state index >= 15 is 0 Å². The molecule has 2 rings (SSSR count). The number of nitrogens with one attached hydrogen (secondary N) is 1. The number of anilines is 1. The Morgan fingerprint density at radius 3 is 2.06 bits per heavy atom. The number of hydrogen-bond donors (Lipinski definition) is 2. The second kappa shape index (κ2) is 10.6. The second-order valence-corrected chi connectivity index (χ2v) is 13.6. The summed E-state index contributed by atoms with van der Waals surface area (Å²) in [6.07, 6.45) is -0.700. The number of halogens is 2. The van der Waals surface area contributed by atoms with Gasteiger partial charge < -0.3 is 20.1 Å². The van der Waals surface area contributed by atoms with Gasteiger partial charge in [-0.25, -0.2) is 8.78 Å². The molecular formula is C23H28F2N2O5Si. The molecular weight excluding hydrogens is 450 g/mol. The predicted molar refractivity (Wildman–Crippen MR) is 123 cm³/mol. The van der Waals surface area contributed by atoms with E-state index in [-0.39, 0.29) is 17.3 Å². The molecule has 1 atom stereocenters. The van der Waals surface area contributed by atoms with Crippen molar-refractivity contribution in [1.29, 1.82) is 0 Å². The monoisotopic (exact) mass is 478 g/mol. The van der Waals surface area contributed by atoms with Crippen molar-refractivity contribution in [3.05, 3.63) is 53.6 Å². The van der Waals surface area contributed by atoms with E-state index < -0.39 is 50.0 Å². The summed E-state index contributed by atoms with van der Waals surface area (Å²) in [5, 5.41) is 11.4. The van der Waals surface area contributed by atoms with Crippen LogP contribution in [-0.2, 0) is 14.4 Å². The van der Waals surface area contributed by atoms with Gasteiger partial charge in [-0.1, -0.05) is 31.8 Å². The summed E-state index contributed by atoms with van der Waals surface area (Å²) in [6, 6.07) is 7.33. The van der Waals surface area contributed by atoms with E-state index in [4.69, 9.17) is 9.84 Å². The third kappa shape index (κ3) is 6.61. The van der Waals surface area contributed by atoms with Crippen LogP contribution in [0.15, 0.2) is 36.4 Å². The lowest BCUT2D eigenvalue weighted by Gasteiger charge is -2.28. The predicted octanol–water partition coefficient (Wildman–Crippen LogP) is 3.52. The van der Waals surface area contributed by atoms with Gasteiger partial charge in [0, 0.05) is 24.3 Å². The van der Waals surface area contributed by atoms with Gasteiger partial charge in [0.15, 0.2) is 0 Å². The molecule has 33 heavy (non-hydrogen) atoms. The first-order valence-corrected chi connectivity index (χ1v) is 13.8. The highest BCUT2D eigenvalue weighted by Gasteiger charge is 2.30. The molecule has 0 radical (unpaired) electrons. The van der Waals surface area contributed by atoms with Crippen LogP contribution in [0.3, 0.4) is 0 Å². The summed E-state index contributed by atoms with van der Waals surface area (Å²) in [7, 11) is 0.554. The quantitative estimate of drug-likeness (QED) is 0.538. The standard InChI is InChI=1S/C23H28F2N2O5Si/c1-27(19(28)10-11-20(29)30)21(14-6-8-16(32-2)9-7-14)23(31)26-15-12-17(24)22(18(25)13-15)33(3,4)5/h6-9,12-13,21H,10-11H2,1-5H3,(H,26,31)(H,29,30)/t21-/m1/s1.